The predicted molar refractivity (Wildman–Crippen MR) is 232 cm³/mol. The molecule has 4 rings (SSSR count). The van der Waals surface area contributed by atoms with Gasteiger partial charge in [0.05, 0.1) is 25.4 Å². The lowest BCUT2D eigenvalue weighted by Gasteiger charge is -2.23. The highest BCUT2D eigenvalue weighted by Crippen LogP contribution is 2.29. The van der Waals surface area contributed by atoms with E-state index in [2.05, 4.69) is 10.6 Å². The van der Waals surface area contributed by atoms with Crippen molar-refractivity contribution in [3.05, 3.63) is 118 Å². The molecule has 2 N–H and O–H groups in total. The van der Waals surface area contributed by atoms with Crippen LogP contribution in [0.5, 0.6) is 23.0 Å². The third-order valence-electron chi connectivity index (χ3n) is 8.99. The molecule has 0 aliphatic heterocycles. The molecule has 0 saturated heterocycles. The van der Waals surface area contributed by atoms with E-state index in [1.54, 1.807) is 24.3 Å². The Morgan fingerprint density at radius 2 is 0.850 bits per heavy atom. The molecular weight excluding hydrogens is 811 g/mol. The molecule has 326 valence electrons. The fraction of sp³-hybridized carbons (Fsp3) is 0.435. The van der Waals surface area contributed by atoms with E-state index in [4.69, 9.17) is 61.1 Å². The number of esters is 2. The van der Waals surface area contributed by atoms with Crippen LogP contribution in [0.1, 0.15) is 76.7 Å². The van der Waals surface area contributed by atoms with E-state index < -0.39 is 24.4 Å². The van der Waals surface area contributed by atoms with Gasteiger partial charge in [-0.3, -0.25) is 10.6 Å². The van der Waals surface area contributed by atoms with E-state index in [-0.39, 0.29) is 25.4 Å². The van der Waals surface area contributed by atoms with Gasteiger partial charge in [-0.2, -0.15) is 0 Å². The Morgan fingerprint density at radius 3 is 1.18 bits per heavy atom. The maximum atomic E-state index is 13.4. The minimum absolute atomic E-state index is 0.122. The predicted octanol–water partition coefficient (Wildman–Crippen LogP) is 9.28. The highest BCUT2D eigenvalue weighted by molar-refractivity contribution is 6.31. The number of carbonyl (C=O) groups excluding carboxylic acids is 2. The van der Waals surface area contributed by atoms with E-state index in [0.717, 1.165) is 11.1 Å². The van der Waals surface area contributed by atoms with Crippen molar-refractivity contribution < 1.29 is 47.5 Å². The van der Waals surface area contributed by atoms with Crippen LogP contribution in [0.2, 0.25) is 10.0 Å². The Balaban J connectivity index is 1.42. The molecule has 0 saturated carbocycles. The van der Waals surface area contributed by atoms with E-state index in [9.17, 15) is 9.59 Å². The lowest BCUT2D eigenvalue weighted by Crippen LogP contribution is -2.44. The largest absolute Gasteiger partial charge is 0.490 e. The molecule has 0 aliphatic carbocycles. The SMILES string of the molecule is CCOc1ccccc1OCC(NCCCC(OCC)c1ccc(Cl)cc1)OC(=O)C(=O)OC(COc1ccccc1OCC)NCCCC(OCC)c1ccc(Cl)cc1. The van der Waals surface area contributed by atoms with Crippen molar-refractivity contribution in [3.63, 3.8) is 0 Å². The zero-order valence-electron chi connectivity index (χ0n) is 34.9. The minimum Gasteiger partial charge on any atom is -0.490 e. The first-order valence-electron chi connectivity index (χ1n) is 20.6. The van der Waals surface area contributed by atoms with Crippen molar-refractivity contribution in [2.75, 3.05) is 52.7 Å². The number of para-hydroxylation sites is 4. The first-order valence-corrected chi connectivity index (χ1v) is 21.3. The van der Waals surface area contributed by atoms with E-state index in [1.165, 1.54) is 0 Å². The number of halogens is 2. The number of nitrogens with one attached hydrogen (secondary N) is 2. The summed E-state index contributed by atoms with van der Waals surface area (Å²) in [5, 5.41) is 7.72. The van der Waals surface area contributed by atoms with Crippen LogP contribution in [0.3, 0.4) is 0 Å². The number of rotatable bonds is 28. The van der Waals surface area contributed by atoms with Crippen LogP contribution < -0.4 is 29.6 Å². The molecule has 0 aliphatic rings. The van der Waals surface area contributed by atoms with Gasteiger partial charge >= 0.3 is 11.9 Å². The van der Waals surface area contributed by atoms with Crippen molar-refractivity contribution in [2.45, 2.75) is 78.0 Å². The number of hydrogen-bond acceptors (Lipinski definition) is 12. The summed E-state index contributed by atoms with van der Waals surface area (Å²) >= 11 is 12.2. The van der Waals surface area contributed by atoms with Gasteiger partial charge in [-0.25, -0.2) is 9.59 Å². The van der Waals surface area contributed by atoms with Gasteiger partial charge in [0.1, 0.15) is 13.2 Å². The zero-order valence-corrected chi connectivity index (χ0v) is 36.4. The molecule has 0 spiro atoms. The van der Waals surface area contributed by atoms with Crippen LogP contribution in [0.25, 0.3) is 0 Å². The smallest absolute Gasteiger partial charge is 0.419 e. The molecule has 0 radical (unpaired) electrons. The van der Waals surface area contributed by atoms with E-state index in [0.29, 0.717) is 98.2 Å². The normalized spacial score (nSPS) is 13.1. The molecule has 4 aromatic rings. The van der Waals surface area contributed by atoms with Crippen LogP contribution >= 0.6 is 23.2 Å². The van der Waals surface area contributed by atoms with Crippen molar-refractivity contribution in [1.82, 2.24) is 10.6 Å². The Morgan fingerprint density at radius 1 is 0.500 bits per heavy atom. The summed E-state index contributed by atoms with van der Waals surface area (Å²) in [7, 11) is 0. The van der Waals surface area contributed by atoms with Crippen LogP contribution in [-0.4, -0.2) is 77.1 Å². The summed E-state index contributed by atoms with van der Waals surface area (Å²) in [5.74, 6) is -0.424. The average molecular weight is 870 g/mol. The van der Waals surface area contributed by atoms with E-state index in [1.807, 2.05) is 100 Å². The highest BCUT2D eigenvalue weighted by Gasteiger charge is 2.27. The molecule has 0 heterocycles. The first kappa shape index (κ1) is 48.1. The van der Waals surface area contributed by atoms with Gasteiger partial charge < -0.3 is 37.9 Å². The number of ether oxygens (including phenoxy) is 8. The van der Waals surface area contributed by atoms with Gasteiger partial charge in [0.25, 0.3) is 0 Å². The van der Waals surface area contributed by atoms with Gasteiger partial charge in [0.15, 0.2) is 35.5 Å². The maximum Gasteiger partial charge on any atom is 0.419 e. The standard InChI is InChI=1S/C46H58Cl2N2O10/c1-5-53-37(33-21-25-35(47)26-22-33)19-13-29-49-43(31-57-41-17-11-9-15-39(41)55-7-3)59-45(51)46(52)60-44(32-58-42-18-12-10-16-40(42)56-8-4)50-30-14-20-38(54-6-2)34-23-27-36(48)28-24-34/h9-12,15-18,21-28,37-38,43-44,49-50H,5-8,13-14,19-20,29-32H2,1-4H3. The summed E-state index contributed by atoms with van der Waals surface area (Å²) in [6, 6.07) is 29.5. The van der Waals surface area contributed by atoms with E-state index >= 15 is 0 Å². The van der Waals surface area contributed by atoms with Crippen molar-refractivity contribution in [2.24, 2.45) is 0 Å². The van der Waals surface area contributed by atoms with Crippen LogP contribution in [0.15, 0.2) is 97.1 Å². The third-order valence-corrected chi connectivity index (χ3v) is 9.50. The number of benzene rings is 4. The van der Waals surface area contributed by atoms with Gasteiger partial charge in [-0.05, 0) is 126 Å². The minimum atomic E-state index is -1.21. The van der Waals surface area contributed by atoms with Crippen LogP contribution in [-0.2, 0) is 28.5 Å². The zero-order chi connectivity index (χ0) is 43.0. The molecule has 0 fully saturated rings. The fourth-order valence-electron chi connectivity index (χ4n) is 6.19. The topological polar surface area (TPSA) is 132 Å². The van der Waals surface area contributed by atoms with Crippen molar-refractivity contribution in [1.29, 1.82) is 0 Å². The molecule has 4 atom stereocenters. The van der Waals surface area contributed by atoms with Gasteiger partial charge in [0.2, 0.25) is 0 Å². The summed E-state index contributed by atoms with van der Waals surface area (Å²) < 4.78 is 46.9. The lowest BCUT2D eigenvalue weighted by atomic mass is 10.0. The molecule has 0 amide bonds. The van der Waals surface area contributed by atoms with Crippen molar-refractivity contribution in [3.8, 4) is 23.0 Å². The summed E-state index contributed by atoms with van der Waals surface area (Å²) in [6.45, 7) is 10.2. The molecule has 12 nitrogen and oxygen atoms in total. The second-order valence-corrected chi connectivity index (χ2v) is 14.2. The van der Waals surface area contributed by atoms with Gasteiger partial charge in [0, 0.05) is 23.3 Å². The summed E-state index contributed by atoms with van der Waals surface area (Å²) in [4.78, 5) is 26.9. The molecule has 14 heteroatoms. The molecular formula is C46H58Cl2N2O10. The molecule has 4 aromatic carbocycles. The Kier molecular flexibility index (Phi) is 21.9. The molecule has 60 heavy (non-hydrogen) atoms. The quantitative estimate of drug-likeness (QED) is 0.0244. The second-order valence-electron chi connectivity index (χ2n) is 13.4. The monoisotopic (exact) mass is 868 g/mol. The Hall–Kier alpha value is -4.56. The first-order chi connectivity index (χ1) is 29.2. The van der Waals surface area contributed by atoms with Crippen LogP contribution in [0.4, 0.5) is 0 Å². The fourth-order valence-corrected chi connectivity index (χ4v) is 6.45. The average Bonchev–Trinajstić information content (AvgIpc) is 3.25. The second kappa shape index (κ2) is 27.3. The van der Waals surface area contributed by atoms with Gasteiger partial charge in [-0.1, -0.05) is 71.7 Å². The Labute approximate surface area is 364 Å². The molecule has 0 bridgehead atoms. The van der Waals surface area contributed by atoms with Crippen molar-refractivity contribution >= 4 is 35.1 Å². The lowest BCUT2D eigenvalue weighted by molar-refractivity contribution is -0.177. The maximum absolute atomic E-state index is 13.4. The summed E-state index contributed by atoms with van der Waals surface area (Å²) in [5.41, 5.74) is 2.01. The third kappa shape index (κ3) is 16.8. The highest BCUT2D eigenvalue weighted by atomic mass is 35.5. The molecule has 0 aromatic heterocycles. The van der Waals surface area contributed by atoms with Gasteiger partial charge in [-0.15, -0.1) is 0 Å². The molecule has 4 unspecified atom stereocenters. The Bertz CT molecular complexity index is 1700. The van der Waals surface area contributed by atoms with Crippen LogP contribution in [0, 0.1) is 0 Å². The number of carbonyl (C=O) groups is 2. The number of hydrogen-bond donors (Lipinski definition) is 2. The summed E-state index contributed by atoms with van der Waals surface area (Å²) in [6.07, 6.45) is 0.276.